The van der Waals surface area contributed by atoms with Gasteiger partial charge < -0.3 is 5.32 Å². The van der Waals surface area contributed by atoms with E-state index in [1.54, 1.807) is 0 Å². The van der Waals surface area contributed by atoms with E-state index in [0.29, 0.717) is 6.04 Å². The molecule has 2 aromatic rings. The van der Waals surface area contributed by atoms with E-state index in [9.17, 15) is 0 Å². The Morgan fingerprint density at radius 3 is 2.68 bits per heavy atom. The molecule has 0 bridgehead atoms. The summed E-state index contributed by atoms with van der Waals surface area (Å²) >= 11 is 0. The third kappa shape index (κ3) is 2.65. The lowest BCUT2D eigenvalue weighted by molar-refractivity contribution is 0.601. The number of anilines is 1. The second kappa shape index (κ2) is 5.08. The fourth-order valence-corrected chi connectivity index (χ4v) is 2.91. The summed E-state index contributed by atoms with van der Waals surface area (Å²) in [5.41, 5.74) is 2.22. The van der Waals surface area contributed by atoms with Gasteiger partial charge in [0.2, 0.25) is 5.95 Å². The topological polar surface area (TPSA) is 29.9 Å². The van der Waals surface area contributed by atoms with Crippen molar-refractivity contribution in [1.29, 1.82) is 0 Å². The first-order valence-corrected chi connectivity index (χ1v) is 7.10. The third-order valence-corrected chi connectivity index (χ3v) is 3.89. The van der Waals surface area contributed by atoms with Gasteiger partial charge in [0.05, 0.1) is 5.69 Å². The molecular formula is C16H21N3. The van der Waals surface area contributed by atoms with Crippen LogP contribution in [0, 0.1) is 12.8 Å². The highest BCUT2D eigenvalue weighted by Crippen LogP contribution is 2.28. The highest BCUT2D eigenvalue weighted by atomic mass is 15.2. The van der Waals surface area contributed by atoms with Crippen molar-refractivity contribution in [3.63, 3.8) is 0 Å². The number of para-hydroxylation sites is 1. The number of nitrogens with one attached hydrogen (secondary N) is 1. The number of rotatable bonds is 3. The maximum Gasteiger partial charge on any atom is 0.207 e. The monoisotopic (exact) mass is 255 g/mol. The summed E-state index contributed by atoms with van der Waals surface area (Å²) < 4.78 is 2.15. The van der Waals surface area contributed by atoms with Gasteiger partial charge in [-0.1, -0.05) is 25.1 Å². The number of imidazole rings is 1. The van der Waals surface area contributed by atoms with E-state index in [2.05, 4.69) is 52.3 Å². The molecule has 1 aliphatic carbocycles. The summed E-state index contributed by atoms with van der Waals surface area (Å²) in [6.07, 6.45) is 5.92. The van der Waals surface area contributed by atoms with Crippen LogP contribution in [-0.4, -0.2) is 15.6 Å². The lowest BCUT2D eigenvalue weighted by Crippen LogP contribution is -2.18. The first kappa shape index (κ1) is 12.3. The van der Waals surface area contributed by atoms with Gasteiger partial charge in [-0.05, 0) is 44.2 Å². The van der Waals surface area contributed by atoms with Crippen LogP contribution in [0.4, 0.5) is 5.95 Å². The lowest BCUT2D eigenvalue weighted by Gasteiger charge is -2.15. The molecule has 2 atom stereocenters. The van der Waals surface area contributed by atoms with Crippen LogP contribution in [0.3, 0.4) is 0 Å². The van der Waals surface area contributed by atoms with Crippen molar-refractivity contribution < 1.29 is 0 Å². The van der Waals surface area contributed by atoms with Gasteiger partial charge in [-0.25, -0.2) is 4.98 Å². The second-order valence-electron chi connectivity index (χ2n) is 5.67. The number of hydrogen-bond acceptors (Lipinski definition) is 2. The molecule has 3 heteroatoms. The molecule has 0 spiro atoms. The molecule has 0 aliphatic heterocycles. The zero-order valence-corrected chi connectivity index (χ0v) is 11.6. The van der Waals surface area contributed by atoms with Crippen molar-refractivity contribution in [2.45, 2.75) is 39.2 Å². The van der Waals surface area contributed by atoms with E-state index in [1.165, 1.54) is 19.3 Å². The van der Waals surface area contributed by atoms with Crippen LogP contribution in [0.2, 0.25) is 0 Å². The van der Waals surface area contributed by atoms with Crippen LogP contribution in [0.1, 0.15) is 31.9 Å². The van der Waals surface area contributed by atoms with Crippen molar-refractivity contribution in [2.75, 3.05) is 5.32 Å². The maximum atomic E-state index is 4.63. The summed E-state index contributed by atoms with van der Waals surface area (Å²) in [4.78, 5) is 4.63. The Balaban J connectivity index is 1.85. The largest absolute Gasteiger partial charge is 0.353 e. The predicted molar refractivity (Wildman–Crippen MR) is 78.7 cm³/mol. The minimum atomic E-state index is 0.569. The first-order valence-electron chi connectivity index (χ1n) is 7.10. The predicted octanol–water partition coefficient (Wildman–Crippen LogP) is 3.78. The molecule has 100 valence electrons. The van der Waals surface area contributed by atoms with Crippen molar-refractivity contribution in [2.24, 2.45) is 5.92 Å². The molecule has 1 N–H and O–H groups in total. The molecule has 19 heavy (non-hydrogen) atoms. The van der Waals surface area contributed by atoms with E-state index in [4.69, 9.17) is 0 Å². The Labute approximate surface area is 114 Å². The quantitative estimate of drug-likeness (QED) is 0.904. The smallest absolute Gasteiger partial charge is 0.207 e. The van der Waals surface area contributed by atoms with Crippen molar-refractivity contribution in [3.05, 3.63) is 42.2 Å². The van der Waals surface area contributed by atoms with Gasteiger partial charge in [0.1, 0.15) is 0 Å². The van der Waals surface area contributed by atoms with E-state index in [1.807, 2.05) is 13.0 Å². The van der Waals surface area contributed by atoms with Crippen LogP contribution in [-0.2, 0) is 0 Å². The molecule has 3 rings (SSSR count). The molecule has 0 amide bonds. The van der Waals surface area contributed by atoms with Crippen LogP contribution in [0.25, 0.3) is 5.69 Å². The van der Waals surface area contributed by atoms with E-state index >= 15 is 0 Å². The molecule has 0 radical (unpaired) electrons. The van der Waals surface area contributed by atoms with E-state index in [-0.39, 0.29) is 0 Å². The summed E-state index contributed by atoms with van der Waals surface area (Å²) in [6, 6.07) is 11.0. The SMILES string of the molecule is Cc1cn(-c2ccccc2)c(NC2CCC(C)C2)n1. The van der Waals surface area contributed by atoms with Crippen LogP contribution in [0.5, 0.6) is 0 Å². The lowest BCUT2D eigenvalue weighted by atomic mass is 10.1. The molecule has 2 unspecified atom stereocenters. The van der Waals surface area contributed by atoms with Crippen molar-refractivity contribution in [1.82, 2.24) is 9.55 Å². The van der Waals surface area contributed by atoms with Crippen LogP contribution < -0.4 is 5.32 Å². The Bertz CT molecular complexity index is 544. The molecular weight excluding hydrogens is 234 g/mol. The molecule has 1 saturated carbocycles. The Morgan fingerprint density at radius 1 is 1.21 bits per heavy atom. The van der Waals surface area contributed by atoms with Gasteiger partial charge in [0.15, 0.2) is 0 Å². The van der Waals surface area contributed by atoms with Crippen molar-refractivity contribution in [3.8, 4) is 5.69 Å². The fraction of sp³-hybridized carbons (Fsp3) is 0.438. The minimum absolute atomic E-state index is 0.569. The Hall–Kier alpha value is -1.77. The molecule has 1 fully saturated rings. The van der Waals surface area contributed by atoms with Gasteiger partial charge in [-0.15, -0.1) is 0 Å². The molecule has 1 heterocycles. The highest BCUT2D eigenvalue weighted by Gasteiger charge is 2.22. The number of benzene rings is 1. The van der Waals surface area contributed by atoms with Gasteiger partial charge in [0.25, 0.3) is 0 Å². The molecule has 3 nitrogen and oxygen atoms in total. The van der Waals surface area contributed by atoms with E-state index < -0.39 is 0 Å². The van der Waals surface area contributed by atoms with Gasteiger partial charge in [-0.3, -0.25) is 4.57 Å². The zero-order valence-electron chi connectivity index (χ0n) is 11.6. The average Bonchev–Trinajstić information content (AvgIpc) is 2.97. The minimum Gasteiger partial charge on any atom is -0.353 e. The second-order valence-corrected chi connectivity index (χ2v) is 5.67. The normalized spacial score (nSPS) is 22.6. The van der Waals surface area contributed by atoms with Gasteiger partial charge >= 0.3 is 0 Å². The summed E-state index contributed by atoms with van der Waals surface area (Å²) in [7, 11) is 0. The Morgan fingerprint density at radius 2 is 2.00 bits per heavy atom. The average molecular weight is 255 g/mol. The van der Waals surface area contributed by atoms with Crippen LogP contribution in [0.15, 0.2) is 36.5 Å². The number of aromatic nitrogens is 2. The number of aryl methyl sites for hydroxylation is 1. The Kier molecular flexibility index (Phi) is 3.28. The molecule has 0 saturated heterocycles. The zero-order chi connectivity index (χ0) is 13.2. The molecule has 1 aliphatic rings. The first-order chi connectivity index (χ1) is 9.22. The van der Waals surface area contributed by atoms with Crippen LogP contribution >= 0.6 is 0 Å². The third-order valence-electron chi connectivity index (χ3n) is 3.89. The van der Waals surface area contributed by atoms with Gasteiger partial charge in [-0.2, -0.15) is 0 Å². The number of hydrogen-bond donors (Lipinski definition) is 1. The van der Waals surface area contributed by atoms with E-state index in [0.717, 1.165) is 23.2 Å². The standard InChI is InChI=1S/C16H21N3/c1-12-8-9-14(10-12)18-16-17-13(2)11-19(16)15-6-4-3-5-7-15/h3-7,11-12,14H,8-10H2,1-2H3,(H,17,18). The van der Waals surface area contributed by atoms with Gasteiger partial charge in [0, 0.05) is 17.9 Å². The summed E-state index contributed by atoms with van der Waals surface area (Å²) in [5.74, 6) is 1.81. The highest BCUT2D eigenvalue weighted by molar-refractivity contribution is 5.43. The fourth-order valence-electron chi connectivity index (χ4n) is 2.91. The number of nitrogens with zero attached hydrogens (tertiary/aromatic N) is 2. The summed E-state index contributed by atoms with van der Waals surface area (Å²) in [5, 5.41) is 3.61. The summed E-state index contributed by atoms with van der Waals surface area (Å²) in [6.45, 7) is 4.37. The molecule has 1 aromatic heterocycles. The maximum absolute atomic E-state index is 4.63. The van der Waals surface area contributed by atoms with Crippen molar-refractivity contribution >= 4 is 5.95 Å². The molecule has 1 aromatic carbocycles.